The Morgan fingerprint density at radius 2 is 1.96 bits per heavy atom. The van der Waals surface area contributed by atoms with Gasteiger partial charge in [0.1, 0.15) is 23.3 Å². The van der Waals surface area contributed by atoms with Crippen molar-refractivity contribution in [2.45, 2.75) is 26.4 Å². The van der Waals surface area contributed by atoms with Crippen molar-refractivity contribution in [2.24, 2.45) is 0 Å². The number of aromatic nitrogens is 1. The third-order valence-electron chi connectivity index (χ3n) is 2.94. The van der Waals surface area contributed by atoms with E-state index >= 15 is 0 Å². The maximum Gasteiger partial charge on any atom is 0.418 e. The number of anilines is 1. The molecule has 23 heavy (non-hydrogen) atoms. The zero-order valence-corrected chi connectivity index (χ0v) is 13.1. The Labute approximate surface area is 134 Å². The van der Waals surface area contributed by atoms with Crippen LogP contribution in [-0.4, -0.2) is 16.3 Å². The molecule has 0 fully saturated rings. The Morgan fingerprint density at radius 3 is 2.57 bits per heavy atom. The number of hydrogen-bond acceptors (Lipinski definition) is 5. The minimum Gasteiger partial charge on any atom is -0.443 e. The number of nitriles is 2. The van der Waals surface area contributed by atoms with Crippen LogP contribution in [0.2, 0.25) is 0 Å². The first-order valence-corrected chi connectivity index (χ1v) is 6.96. The topological polar surface area (TPSA) is 90.8 Å². The van der Waals surface area contributed by atoms with Gasteiger partial charge in [0.15, 0.2) is 0 Å². The van der Waals surface area contributed by atoms with E-state index in [1.165, 1.54) is 10.8 Å². The molecule has 1 aromatic heterocycles. The molecule has 1 heterocycles. The molecule has 116 valence electrons. The molecule has 6 nitrogen and oxygen atoms in total. The van der Waals surface area contributed by atoms with Crippen molar-refractivity contribution in [3.63, 3.8) is 0 Å². The van der Waals surface area contributed by atoms with Crippen molar-refractivity contribution in [1.82, 2.24) is 4.57 Å². The number of fused-ring (bicyclic) bond motifs is 1. The molecule has 0 saturated carbocycles. The highest BCUT2D eigenvalue weighted by Crippen LogP contribution is 2.25. The highest BCUT2D eigenvalue weighted by molar-refractivity contribution is 5.97. The van der Waals surface area contributed by atoms with Crippen molar-refractivity contribution < 1.29 is 9.53 Å². The average molecular weight is 308 g/mol. The second kappa shape index (κ2) is 6.25. The lowest BCUT2D eigenvalue weighted by molar-refractivity contribution is 0.0544. The first-order chi connectivity index (χ1) is 10.9. The van der Waals surface area contributed by atoms with Gasteiger partial charge in [0, 0.05) is 23.5 Å². The second-order valence-electron chi connectivity index (χ2n) is 5.83. The summed E-state index contributed by atoms with van der Waals surface area (Å²) in [6.45, 7) is 5.42. The van der Waals surface area contributed by atoms with Crippen LogP contribution in [-0.2, 0) is 4.74 Å². The molecular formula is C17H16N4O2. The van der Waals surface area contributed by atoms with Gasteiger partial charge in [-0.05, 0) is 39.0 Å². The van der Waals surface area contributed by atoms with Crippen LogP contribution in [0.1, 0.15) is 20.8 Å². The van der Waals surface area contributed by atoms with E-state index < -0.39 is 11.7 Å². The fourth-order valence-electron chi connectivity index (χ4n) is 2.00. The minimum absolute atomic E-state index is 0.0337. The fourth-order valence-corrected chi connectivity index (χ4v) is 2.00. The lowest BCUT2D eigenvalue weighted by Crippen LogP contribution is -2.26. The molecular weight excluding hydrogens is 292 g/mol. The van der Waals surface area contributed by atoms with Gasteiger partial charge in [0.2, 0.25) is 0 Å². The number of nitrogens with one attached hydrogen (secondary N) is 1. The Kier molecular flexibility index (Phi) is 4.38. The maximum absolute atomic E-state index is 12.2. The van der Waals surface area contributed by atoms with Crippen LogP contribution in [0, 0.1) is 22.7 Å². The zero-order valence-electron chi connectivity index (χ0n) is 13.1. The van der Waals surface area contributed by atoms with Gasteiger partial charge in [0.25, 0.3) is 0 Å². The number of carbonyl (C=O) groups excluding carboxylic acids is 1. The molecule has 0 spiro atoms. The van der Waals surface area contributed by atoms with Gasteiger partial charge >= 0.3 is 6.09 Å². The monoisotopic (exact) mass is 308 g/mol. The molecule has 1 N–H and O–H groups in total. The van der Waals surface area contributed by atoms with Gasteiger partial charge in [-0.3, -0.25) is 4.57 Å². The molecule has 0 bridgehead atoms. The number of benzene rings is 1. The van der Waals surface area contributed by atoms with Gasteiger partial charge in [0.05, 0.1) is 5.52 Å². The van der Waals surface area contributed by atoms with Gasteiger partial charge in [-0.15, -0.1) is 0 Å². The maximum atomic E-state index is 12.2. The van der Waals surface area contributed by atoms with Gasteiger partial charge in [-0.25, -0.2) is 4.79 Å². The molecule has 0 aliphatic heterocycles. The van der Waals surface area contributed by atoms with E-state index in [1.54, 1.807) is 63.4 Å². The molecule has 6 heteroatoms. The van der Waals surface area contributed by atoms with Crippen LogP contribution in [0.4, 0.5) is 10.5 Å². The standard InChI is InChI=1S/C17H16N4O2/c1-17(2,3)23-16(22)21-8-7-13-14(5-4-6-15(13)21)20-11-12(9-18)10-19/h4-8,11,20H,1-3H3. The fraction of sp³-hybridized carbons (Fsp3) is 0.235. The Balaban J connectivity index is 2.38. The predicted octanol–water partition coefficient (Wildman–Crippen LogP) is 3.77. The zero-order chi connectivity index (χ0) is 17.0. The summed E-state index contributed by atoms with van der Waals surface area (Å²) in [6.07, 6.45) is 2.50. The summed E-state index contributed by atoms with van der Waals surface area (Å²) in [5.41, 5.74) is 0.746. The number of hydrogen-bond donors (Lipinski definition) is 1. The van der Waals surface area contributed by atoms with Gasteiger partial charge in [-0.1, -0.05) is 6.07 Å². The summed E-state index contributed by atoms with van der Waals surface area (Å²) in [7, 11) is 0. The van der Waals surface area contributed by atoms with E-state index in [4.69, 9.17) is 15.3 Å². The molecule has 0 saturated heterocycles. The normalized spacial score (nSPS) is 10.5. The minimum atomic E-state index is -0.583. The number of nitrogens with zero attached hydrogens (tertiary/aromatic N) is 3. The number of carbonyl (C=O) groups is 1. The summed E-state index contributed by atoms with van der Waals surface area (Å²) in [6, 6.07) is 10.7. The SMILES string of the molecule is CC(C)(C)OC(=O)n1ccc2c(NC=C(C#N)C#N)cccc21. The van der Waals surface area contributed by atoms with Crippen LogP contribution in [0.25, 0.3) is 10.9 Å². The molecule has 0 unspecified atom stereocenters. The van der Waals surface area contributed by atoms with Crippen LogP contribution in [0.5, 0.6) is 0 Å². The molecule has 2 aromatic rings. The predicted molar refractivity (Wildman–Crippen MR) is 86.5 cm³/mol. The highest BCUT2D eigenvalue weighted by Gasteiger charge is 2.19. The lowest BCUT2D eigenvalue weighted by atomic mass is 10.2. The third-order valence-corrected chi connectivity index (χ3v) is 2.94. The molecule has 0 amide bonds. The Hall–Kier alpha value is -3.25. The van der Waals surface area contributed by atoms with E-state index in [2.05, 4.69) is 5.32 Å². The van der Waals surface area contributed by atoms with E-state index in [0.29, 0.717) is 11.2 Å². The number of rotatable bonds is 2. The van der Waals surface area contributed by atoms with Gasteiger partial charge in [-0.2, -0.15) is 10.5 Å². The summed E-state index contributed by atoms with van der Waals surface area (Å²) >= 11 is 0. The third kappa shape index (κ3) is 3.69. The molecule has 1 aromatic carbocycles. The van der Waals surface area contributed by atoms with Crippen molar-refractivity contribution in [3.8, 4) is 12.1 Å². The molecule has 0 aliphatic carbocycles. The van der Waals surface area contributed by atoms with Crippen molar-refractivity contribution in [3.05, 3.63) is 42.2 Å². The number of ether oxygens (including phenoxy) is 1. The largest absolute Gasteiger partial charge is 0.443 e. The van der Waals surface area contributed by atoms with Crippen molar-refractivity contribution in [1.29, 1.82) is 10.5 Å². The lowest BCUT2D eigenvalue weighted by Gasteiger charge is -2.19. The molecule has 2 rings (SSSR count). The average Bonchev–Trinajstić information content (AvgIpc) is 2.91. The summed E-state index contributed by atoms with van der Waals surface area (Å²) in [4.78, 5) is 12.2. The summed E-state index contributed by atoms with van der Waals surface area (Å²) < 4.78 is 6.79. The smallest absolute Gasteiger partial charge is 0.418 e. The van der Waals surface area contributed by atoms with Crippen LogP contribution in [0.3, 0.4) is 0 Å². The highest BCUT2D eigenvalue weighted by atomic mass is 16.6. The Bertz CT molecular complexity index is 841. The summed E-state index contributed by atoms with van der Waals surface area (Å²) in [5, 5.41) is 21.2. The molecule has 0 atom stereocenters. The first kappa shape index (κ1) is 16.1. The van der Waals surface area contributed by atoms with Gasteiger partial charge < -0.3 is 10.1 Å². The first-order valence-electron chi connectivity index (χ1n) is 6.96. The van der Waals surface area contributed by atoms with Crippen molar-refractivity contribution >= 4 is 22.7 Å². The van der Waals surface area contributed by atoms with E-state index in [9.17, 15) is 4.79 Å². The van der Waals surface area contributed by atoms with Crippen LogP contribution >= 0.6 is 0 Å². The van der Waals surface area contributed by atoms with E-state index in [-0.39, 0.29) is 5.57 Å². The second-order valence-corrected chi connectivity index (χ2v) is 5.83. The quantitative estimate of drug-likeness (QED) is 0.853. The molecule has 0 aliphatic rings. The van der Waals surface area contributed by atoms with E-state index in [0.717, 1.165) is 5.39 Å². The number of allylic oxidation sites excluding steroid dienone is 1. The molecule has 0 radical (unpaired) electrons. The van der Waals surface area contributed by atoms with E-state index in [1.807, 2.05) is 0 Å². The van der Waals surface area contributed by atoms with Crippen LogP contribution in [0.15, 0.2) is 42.2 Å². The van der Waals surface area contributed by atoms with Crippen molar-refractivity contribution in [2.75, 3.05) is 5.32 Å². The summed E-state index contributed by atoms with van der Waals surface area (Å²) in [5.74, 6) is 0. The Morgan fingerprint density at radius 1 is 1.26 bits per heavy atom. The van der Waals surface area contributed by atoms with Crippen LogP contribution < -0.4 is 5.32 Å².